The van der Waals surface area contributed by atoms with Gasteiger partial charge in [0.05, 0.1) is 0 Å². The number of benzene rings is 2. The summed E-state index contributed by atoms with van der Waals surface area (Å²) in [6, 6.07) is 17.8. The molecule has 41 heavy (non-hydrogen) atoms. The van der Waals surface area contributed by atoms with Crippen molar-refractivity contribution >= 4 is 19.3 Å². The zero-order valence-corrected chi connectivity index (χ0v) is 28.8. The Hall–Kier alpha value is -1.73. The normalized spacial score (nSPS) is 23.7. The average Bonchev–Trinajstić information content (AvgIpc) is 2.95. The predicted molar refractivity (Wildman–Crippen MR) is 179 cm³/mol. The van der Waals surface area contributed by atoms with Crippen LogP contribution in [0.25, 0.3) is 5.57 Å². The third-order valence-electron chi connectivity index (χ3n) is 10.8. The lowest BCUT2D eigenvalue weighted by Gasteiger charge is -2.57. The maximum atomic E-state index is 7.15. The summed E-state index contributed by atoms with van der Waals surface area (Å²) >= 11 is 0. The van der Waals surface area contributed by atoms with Gasteiger partial charge in [-0.1, -0.05) is 132 Å². The standard InChI is InChI=1S/C38H55O2P/c1-13-34(5,6)28-22-27(23-29(24-28)35(7,8)14-2)32-25-30(36(9,10)15-3)26-33(37(11,12)16-4)38(32)39-41(40-38)31-20-18-17-19-21-31/h17-26,33H,13-16H2,1-12H3. The molecule has 224 valence electrons. The van der Waals surface area contributed by atoms with Crippen molar-refractivity contribution in [1.82, 2.24) is 0 Å². The van der Waals surface area contributed by atoms with Crippen LogP contribution in [0.15, 0.2) is 66.3 Å². The van der Waals surface area contributed by atoms with E-state index in [1.54, 1.807) is 0 Å². The Morgan fingerprint density at radius 3 is 1.66 bits per heavy atom. The molecule has 1 saturated heterocycles. The number of hydrogen-bond donors (Lipinski definition) is 0. The fourth-order valence-corrected chi connectivity index (χ4v) is 7.28. The highest BCUT2D eigenvalue weighted by Crippen LogP contribution is 2.68. The first-order chi connectivity index (χ1) is 19.1. The molecule has 0 saturated carbocycles. The second-order valence-corrected chi connectivity index (χ2v) is 16.3. The fraction of sp³-hybridized carbons (Fsp3) is 0.579. The summed E-state index contributed by atoms with van der Waals surface area (Å²) in [4.78, 5) is 0. The number of allylic oxidation sites excluding steroid dienone is 2. The molecular weight excluding hydrogens is 519 g/mol. The van der Waals surface area contributed by atoms with Gasteiger partial charge in [0.2, 0.25) is 14.2 Å². The van der Waals surface area contributed by atoms with Crippen molar-refractivity contribution < 1.29 is 9.05 Å². The lowest BCUT2D eigenvalue weighted by Crippen LogP contribution is -2.55. The van der Waals surface area contributed by atoms with E-state index in [4.69, 9.17) is 9.05 Å². The summed E-state index contributed by atoms with van der Waals surface area (Å²) in [5.41, 5.74) is 6.80. The van der Waals surface area contributed by atoms with Crippen LogP contribution in [0.2, 0.25) is 0 Å². The maximum Gasteiger partial charge on any atom is 0.214 e. The van der Waals surface area contributed by atoms with E-state index < -0.39 is 14.2 Å². The van der Waals surface area contributed by atoms with Gasteiger partial charge in [0.1, 0.15) is 0 Å². The van der Waals surface area contributed by atoms with Crippen LogP contribution in [0.4, 0.5) is 0 Å². The van der Waals surface area contributed by atoms with Gasteiger partial charge in [0.15, 0.2) is 0 Å². The molecule has 0 bridgehead atoms. The van der Waals surface area contributed by atoms with Crippen molar-refractivity contribution in [2.24, 2.45) is 16.7 Å². The van der Waals surface area contributed by atoms with E-state index in [1.165, 1.54) is 27.8 Å². The second kappa shape index (κ2) is 11.4. The van der Waals surface area contributed by atoms with Crippen molar-refractivity contribution in [1.29, 1.82) is 0 Å². The van der Waals surface area contributed by atoms with Crippen molar-refractivity contribution in [3.8, 4) is 0 Å². The minimum Gasteiger partial charge on any atom is -0.292 e. The highest BCUT2D eigenvalue weighted by Gasteiger charge is 2.61. The topological polar surface area (TPSA) is 18.5 Å². The van der Waals surface area contributed by atoms with Crippen molar-refractivity contribution in [2.45, 2.75) is 125 Å². The first-order valence-electron chi connectivity index (χ1n) is 15.9. The minimum atomic E-state index is -1.14. The lowest BCUT2D eigenvalue weighted by atomic mass is 9.63. The van der Waals surface area contributed by atoms with Crippen molar-refractivity contribution in [2.75, 3.05) is 0 Å². The van der Waals surface area contributed by atoms with E-state index in [0.29, 0.717) is 0 Å². The molecular formula is C38H55O2P. The van der Waals surface area contributed by atoms with Gasteiger partial charge in [-0.2, -0.15) is 0 Å². The van der Waals surface area contributed by atoms with E-state index >= 15 is 0 Å². The number of hydrogen-bond acceptors (Lipinski definition) is 2. The summed E-state index contributed by atoms with van der Waals surface area (Å²) in [5.74, 6) is -0.717. The van der Waals surface area contributed by atoms with Crippen LogP contribution in [0.1, 0.15) is 125 Å². The van der Waals surface area contributed by atoms with Crippen LogP contribution in [0, 0.1) is 16.7 Å². The van der Waals surface area contributed by atoms with Crippen molar-refractivity contribution in [3.63, 3.8) is 0 Å². The molecule has 1 heterocycles. The van der Waals surface area contributed by atoms with E-state index in [0.717, 1.165) is 31.0 Å². The Labute approximate surface area is 252 Å². The predicted octanol–water partition coefficient (Wildman–Crippen LogP) is 11.3. The zero-order chi connectivity index (χ0) is 30.4. The van der Waals surface area contributed by atoms with Gasteiger partial charge >= 0.3 is 0 Å². The van der Waals surface area contributed by atoms with Gasteiger partial charge in [-0.3, -0.25) is 9.05 Å². The summed E-state index contributed by atoms with van der Waals surface area (Å²) in [5, 5.41) is 1.14. The average molecular weight is 575 g/mol. The highest BCUT2D eigenvalue weighted by molar-refractivity contribution is 7.57. The molecule has 2 aliphatic rings. The number of rotatable bonds is 10. The van der Waals surface area contributed by atoms with Crippen LogP contribution < -0.4 is 5.30 Å². The molecule has 1 spiro atoms. The van der Waals surface area contributed by atoms with E-state index in [-0.39, 0.29) is 27.6 Å². The second-order valence-electron chi connectivity index (χ2n) is 15.0. The summed E-state index contributed by atoms with van der Waals surface area (Å²) in [7, 11) is -1.14. The summed E-state index contributed by atoms with van der Waals surface area (Å²) in [6.07, 6.45) is 9.21. The van der Waals surface area contributed by atoms with Crippen molar-refractivity contribution in [3.05, 3.63) is 82.9 Å². The van der Waals surface area contributed by atoms with Gasteiger partial charge in [-0.15, -0.1) is 0 Å². The van der Waals surface area contributed by atoms with E-state index in [1.807, 2.05) is 0 Å². The maximum absolute atomic E-state index is 7.15. The SMILES string of the molecule is CCC(C)(C)C1=CC(C(C)(C)CC)C2(OP(c3ccccc3)O2)C(c2cc(C(C)(C)CC)cc(C(C)(C)CC)c2)=C1. The van der Waals surface area contributed by atoms with Gasteiger partial charge in [-0.25, -0.2) is 0 Å². The smallest absolute Gasteiger partial charge is 0.214 e. The molecule has 4 rings (SSSR count). The van der Waals surface area contributed by atoms with Crippen LogP contribution in [-0.2, 0) is 19.9 Å². The van der Waals surface area contributed by atoms with Crippen LogP contribution in [0.3, 0.4) is 0 Å². The molecule has 2 aromatic carbocycles. The molecule has 1 fully saturated rings. The first-order valence-corrected chi connectivity index (χ1v) is 17.1. The molecule has 1 aliphatic heterocycles. The third-order valence-corrected chi connectivity index (χ3v) is 12.4. The quantitative estimate of drug-likeness (QED) is 0.263. The molecule has 0 N–H and O–H groups in total. The summed E-state index contributed by atoms with van der Waals surface area (Å²) < 4.78 is 14.3. The Balaban J connectivity index is 2.00. The lowest BCUT2D eigenvalue weighted by molar-refractivity contribution is -0.181. The molecule has 3 heteroatoms. The molecule has 0 aromatic heterocycles. The van der Waals surface area contributed by atoms with E-state index in [9.17, 15) is 0 Å². The van der Waals surface area contributed by atoms with Gasteiger partial charge in [0.25, 0.3) is 0 Å². The largest absolute Gasteiger partial charge is 0.292 e. The molecule has 0 amide bonds. The monoisotopic (exact) mass is 574 g/mol. The first kappa shape index (κ1) is 32.2. The van der Waals surface area contributed by atoms with Gasteiger partial charge in [-0.05, 0) is 81.4 Å². The molecule has 1 unspecified atom stereocenters. The Morgan fingerprint density at radius 1 is 0.683 bits per heavy atom. The molecule has 1 aliphatic carbocycles. The molecule has 1 atom stereocenters. The van der Waals surface area contributed by atoms with Gasteiger partial charge in [0, 0.05) is 16.8 Å². The summed E-state index contributed by atoms with van der Waals surface area (Å²) in [6.45, 7) is 28.2. The molecule has 2 aromatic rings. The Kier molecular flexibility index (Phi) is 8.95. The zero-order valence-electron chi connectivity index (χ0n) is 27.9. The molecule has 2 nitrogen and oxygen atoms in total. The van der Waals surface area contributed by atoms with Crippen LogP contribution in [0.5, 0.6) is 0 Å². The fourth-order valence-electron chi connectivity index (χ4n) is 5.72. The Bertz CT molecular complexity index is 1250. The molecule has 0 radical (unpaired) electrons. The minimum absolute atomic E-state index is 0.0154. The van der Waals surface area contributed by atoms with Crippen LogP contribution in [-0.4, -0.2) is 5.79 Å². The Morgan fingerprint density at radius 2 is 1.20 bits per heavy atom. The highest BCUT2D eigenvalue weighted by atomic mass is 31.2. The van der Waals surface area contributed by atoms with Gasteiger partial charge < -0.3 is 0 Å². The van der Waals surface area contributed by atoms with E-state index in [2.05, 4.69) is 144 Å². The third kappa shape index (κ3) is 5.91. The van der Waals surface area contributed by atoms with Crippen LogP contribution >= 0.6 is 8.38 Å².